The summed E-state index contributed by atoms with van der Waals surface area (Å²) in [5, 5.41) is 10.4. The van der Waals surface area contributed by atoms with Crippen LogP contribution in [0.5, 0.6) is 0 Å². The van der Waals surface area contributed by atoms with Crippen LogP contribution in [0.1, 0.15) is 36.0 Å². The number of halogens is 1. The SMILES string of the molecule is O=C(O)c1ccnc(SC2CCCC2)c1Cl. The molecule has 0 aromatic carbocycles. The predicted molar refractivity (Wildman–Crippen MR) is 64.3 cm³/mol. The topological polar surface area (TPSA) is 50.2 Å². The Labute approximate surface area is 103 Å². The molecule has 16 heavy (non-hydrogen) atoms. The van der Waals surface area contributed by atoms with Gasteiger partial charge in [-0.05, 0) is 18.9 Å². The largest absolute Gasteiger partial charge is 0.478 e. The van der Waals surface area contributed by atoms with Crippen molar-refractivity contribution >= 4 is 29.3 Å². The molecule has 0 spiro atoms. The number of aromatic carboxylic acids is 1. The van der Waals surface area contributed by atoms with Gasteiger partial charge in [-0.25, -0.2) is 9.78 Å². The van der Waals surface area contributed by atoms with E-state index in [4.69, 9.17) is 16.7 Å². The minimum Gasteiger partial charge on any atom is -0.478 e. The van der Waals surface area contributed by atoms with E-state index in [9.17, 15) is 4.79 Å². The summed E-state index contributed by atoms with van der Waals surface area (Å²) in [7, 11) is 0. The lowest BCUT2D eigenvalue weighted by molar-refractivity contribution is 0.0696. The van der Waals surface area contributed by atoms with Gasteiger partial charge in [-0.2, -0.15) is 0 Å². The molecule has 0 amide bonds. The molecule has 1 aromatic heterocycles. The van der Waals surface area contributed by atoms with Gasteiger partial charge in [0.05, 0.1) is 10.6 Å². The number of hydrogen-bond acceptors (Lipinski definition) is 3. The summed E-state index contributed by atoms with van der Waals surface area (Å²) in [5.74, 6) is -0.999. The van der Waals surface area contributed by atoms with Gasteiger partial charge in [0, 0.05) is 11.4 Å². The maximum absolute atomic E-state index is 10.9. The first-order chi connectivity index (χ1) is 7.68. The summed E-state index contributed by atoms with van der Waals surface area (Å²) >= 11 is 7.62. The van der Waals surface area contributed by atoms with E-state index in [0.29, 0.717) is 10.3 Å². The molecular formula is C11H12ClNO2S. The number of thioether (sulfide) groups is 1. The fourth-order valence-corrected chi connectivity index (χ4v) is 3.38. The Morgan fingerprint density at radius 1 is 1.50 bits per heavy atom. The van der Waals surface area contributed by atoms with Crippen molar-refractivity contribution in [1.29, 1.82) is 0 Å². The average molecular weight is 258 g/mol. The highest BCUT2D eigenvalue weighted by atomic mass is 35.5. The molecule has 1 N–H and O–H groups in total. The quantitative estimate of drug-likeness (QED) is 0.901. The van der Waals surface area contributed by atoms with Gasteiger partial charge in [0.15, 0.2) is 0 Å². The Bertz CT molecular complexity index is 405. The third kappa shape index (κ3) is 2.50. The van der Waals surface area contributed by atoms with Crippen molar-refractivity contribution in [3.05, 3.63) is 22.8 Å². The molecule has 1 fully saturated rings. The molecule has 5 heteroatoms. The van der Waals surface area contributed by atoms with E-state index < -0.39 is 5.97 Å². The van der Waals surface area contributed by atoms with Crippen molar-refractivity contribution in [2.75, 3.05) is 0 Å². The third-order valence-electron chi connectivity index (χ3n) is 2.67. The maximum Gasteiger partial charge on any atom is 0.337 e. The molecule has 0 atom stereocenters. The highest BCUT2D eigenvalue weighted by molar-refractivity contribution is 8.00. The van der Waals surface area contributed by atoms with Gasteiger partial charge in [0.25, 0.3) is 0 Å². The van der Waals surface area contributed by atoms with Crippen LogP contribution in [0.25, 0.3) is 0 Å². The van der Waals surface area contributed by atoms with E-state index in [1.165, 1.54) is 37.9 Å². The lowest BCUT2D eigenvalue weighted by Gasteiger charge is -2.10. The minimum absolute atomic E-state index is 0.136. The highest BCUT2D eigenvalue weighted by Gasteiger charge is 2.20. The number of hydrogen-bond donors (Lipinski definition) is 1. The van der Waals surface area contributed by atoms with Crippen LogP contribution < -0.4 is 0 Å². The Kier molecular flexibility index (Phi) is 3.71. The molecule has 86 valence electrons. The van der Waals surface area contributed by atoms with E-state index in [0.717, 1.165) is 0 Å². The monoisotopic (exact) mass is 257 g/mol. The average Bonchev–Trinajstić information content (AvgIpc) is 2.73. The van der Waals surface area contributed by atoms with Gasteiger partial charge >= 0.3 is 5.97 Å². The molecular weight excluding hydrogens is 246 g/mol. The third-order valence-corrected chi connectivity index (χ3v) is 4.50. The molecule has 1 saturated carbocycles. The van der Waals surface area contributed by atoms with Crippen molar-refractivity contribution in [2.45, 2.75) is 36.0 Å². The molecule has 0 unspecified atom stereocenters. The summed E-state index contributed by atoms with van der Waals surface area (Å²) < 4.78 is 0. The number of pyridine rings is 1. The van der Waals surface area contributed by atoms with Crippen LogP contribution in [0, 0.1) is 0 Å². The molecule has 0 aliphatic heterocycles. The summed E-state index contributed by atoms with van der Waals surface area (Å²) in [6.45, 7) is 0. The van der Waals surface area contributed by atoms with Gasteiger partial charge in [-0.3, -0.25) is 0 Å². The smallest absolute Gasteiger partial charge is 0.337 e. The van der Waals surface area contributed by atoms with E-state index in [1.807, 2.05) is 0 Å². The lowest BCUT2D eigenvalue weighted by atomic mass is 10.3. The van der Waals surface area contributed by atoms with Crippen molar-refractivity contribution in [2.24, 2.45) is 0 Å². The van der Waals surface area contributed by atoms with E-state index in [1.54, 1.807) is 11.8 Å². The molecule has 0 saturated heterocycles. The second-order valence-electron chi connectivity index (χ2n) is 3.81. The van der Waals surface area contributed by atoms with Gasteiger partial charge in [0.2, 0.25) is 0 Å². The van der Waals surface area contributed by atoms with Gasteiger partial charge in [0.1, 0.15) is 5.03 Å². The van der Waals surface area contributed by atoms with Crippen LogP contribution in [0.4, 0.5) is 0 Å². The van der Waals surface area contributed by atoms with Crippen LogP contribution in [-0.2, 0) is 0 Å². The fraction of sp³-hybridized carbons (Fsp3) is 0.455. The van der Waals surface area contributed by atoms with E-state index >= 15 is 0 Å². The van der Waals surface area contributed by atoms with Crippen LogP contribution in [0.3, 0.4) is 0 Å². The predicted octanol–water partition coefficient (Wildman–Crippen LogP) is 3.47. The number of rotatable bonds is 3. The second kappa shape index (κ2) is 5.06. The Morgan fingerprint density at radius 2 is 2.19 bits per heavy atom. The standard InChI is InChI=1S/C11H12ClNO2S/c12-9-8(11(14)15)5-6-13-10(9)16-7-3-1-2-4-7/h5-7H,1-4H2,(H,14,15). The Morgan fingerprint density at radius 3 is 2.81 bits per heavy atom. The van der Waals surface area contributed by atoms with Crippen molar-refractivity contribution in [3.8, 4) is 0 Å². The molecule has 0 bridgehead atoms. The summed E-state index contributed by atoms with van der Waals surface area (Å²) in [4.78, 5) is 15.0. The normalized spacial score (nSPS) is 16.6. The van der Waals surface area contributed by atoms with Crippen LogP contribution >= 0.6 is 23.4 Å². The summed E-state index contributed by atoms with van der Waals surface area (Å²) in [5.41, 5.74) is 0.136. The van der Waals surface area contributed by atoms with Crippen molar-refractivity contribution in [3.63, 3.8) is 0 Å². The zero-order valence-electron chi connectivity index (χ0n) is 8.65. The number of carbonyl (C=O) groups is 1. The van der Waals surface area contributed by atoms with Gasteiger partial charge < -0.3 is 5.11 Å². The van der Waals surface area contributed by atoms with Crippen LogP contribution in [0.2, 0.25) is 5.02 Å². The van der Waals surface area contributed by atoms with E-state index in [-0.39, 0.29) is 10.6 Å². The van der Waals surface area contributed by atoms with Gasteiger partial charge in [-0.15, -0.1) is 11.8 Å². The molecule has 0 radical (unpaired) electrons. The molecule has 3 nitrogen and oxygen atoms in total. The number of nitrogens with zero attached hydrogens (tertiary/aromatic N) is 1. The summed E-state index contributed by atoms with van der Waals surface area (Å²) in [6, 6.07) is 1.43. The molecule has 2 rings (SSSR count). The Balaban J connectivity index is 2.20. The number of aromatic nitrogens is 1. The van der Waals surface area contributed by atoms with Crippen molar-refractivity contribution < 1.29 is 9.90 Å². The maximum atomic E-state index is 10.9. The molecule has 1 aliphatic carbocycles. The van der Waals surface area contributed by atoms with Crippen molar-refractivity contribution in [1.82, 2.24) is 4.98 Å². The number of carboxylic acids is 1. The fourth-order valence-electron chi connectivity index (χ4n) is 1.84. The Hall–Kier alpha value is -0.740. The van der Waals surface area contributed by atoms with Crippen LogP contribution in [0.15, 0.2) is 17.3 Å². The van der Waals surface area contributed by atoms with Crippen LogP contribution in [-0.4, -0.2) is 21.3 Å². The lowest BCUT2D eigenvalue weighted by Crippen LogP contribution is -2.01. The zero-order chi connectivity index (χ0) is 11.5. The second-order valence-corrected chi connectivity index (χ2v) is 5.47. The highest BCUT2D eigenvalue weighted by Crippen LogP contribution is 2.37. The number of carboxylic acid groups (broad SMARTS) is 1. The first-order valence-corrected chi connectivity index (χ1v) is 6.48. The van der Waals surface area contributed by atoms with E-state index in [2.05, 4.69) is 4.98 Å². The molecule has 1 aliphatic rings. The molecule has 1 aromatic rings. The first kappa shape index (κ1) is 11.7. The first-order valence-electron chi connectivity index (χ1n) is 5.23. The zero-order valence-corrected chi connectivity index (χ0v) is 10.2. The molecule has 1 heterocycles. The summed E-state index contributed by atoms with van der Waals surface area (Å²) in [6.07, 6.45) is 6.33. The minimum atomic E-state index is -0.999. The van der Waals surface area contributed by atoms with Gasteiger partial charge in [-0.1, -0.05) is 24.4 Å².